The number of nitrogens with zero attached hydrogens (tertiary/aromatic N) is 5. The molecule has 0 saturated heterocycles. The van der Waals surface area contributed by atoms with Gasteiger partial charge in [-0.15, -0.1) is 9.81 Å². The molecule has 0 bridgehead atoms. The topological polar surface area (TPSA) is 156 Å². The highest BCUT2D eigenvalue weighted by molar-refractivity contribution is 5.79. The van der Waals surface area contributed by atoms with E-state index >= 15 is 0 Å². The van der Waals surface area contributed by atoms with Gasteiger partial charge in [-0.05, 0) is 46.8 Å². The predicted molar refractivity (Wildman–Crippen MR) is 123 cm³/mol. The molecule has 0 aliphatic rings. The van der Waals surface area contributed by atoms with Crippen molar-refractivity contribution < 1.29 is 19.7 Å². The number of aromatic nitrogens is 3. The van der Waals surface area contributed by atoms with Gasteiger partial charge in [0.25, 0.3) is 0 Å². The van der Waals surface area contributed by atoms with Crippen LogP contribution in [-0.2, 0) is 0 Å². The van der Waals surface area contributed by atoms with Gasteiger partial charge in [0, 0.05) is 29.3 Å². The van der Waals surface area contributed by atoms with Crippen LogP contribution in [0.4, 0.5) is 11.4 Å². The Labute approximate surface area is 192 Å². The average molecular weight is 459 g/mol. The molecule has 11 heteroatoms. The van der Waals surface area contributed by atoms with Crippen LogP contribution in [0.1, 0.15) is 0 Å². The van der Waals surface area contributed by atoms with E-state index in [0.717, 1.165) is 0 Å². The third-order valence-electron chi connectivity index (χ3n) is 4.95. The van der Waals surface area contributed by atoms with Gasteiger partial charge in [0.15, 0.2) is 17.5 Å². The Morgan fingerprint density at radius 2 is 1.12 bits per heavy atom. The molecule has 1 aromatic heterocycles. The molecular weight excluding hydrogens is 442 g/mol. The number of methoxy groups -OCH3 is 2. The molecular formula is C23H17N5O6. The van der Waals surface area contributed by atoms with Gasteiger partial charge in [-0.2, -0.15) is 0 Å². The summed E-state index contributed by atoms with van der Waals surface area (Å²) in [4.78, 5) is 36.2. The Bertz CT molecular complexity index is 1410. The third kappa shape index (κ3) is 4.21. The van der Waals surface area contributed by atoms with Gasteiger partial charge in [0.1, 0.15) is 34.4 Å². The molecule has 1 heterocycles. The first-order valence-corrected chi connectivity index (χ1v) is 9.79. The Morgan fingerprint density at radius 1 is 0.647 bits per heavy atom. The van der Waals surface area contributed by atoms with Crippen molar-refractivity contribution in [3.05, 3.63) is 64.4 Å². The van der Waals surface area contributed by atoms with Crippen LogP contribution >= 0.6 is 0 Å². The summed E-state index contributed by atoms with van der Waals surface area (Å²) in [5, 5.41) is 26.3. The summed E-state index contributed by atoms with van der Waals surface area (Å²) in [5.41, 5.74) is 0.637. The van der Waals surface area contributed by atoms with Crippen LogP contribution < -0.4 is 9.47 Å². The molecule has 3 aromatic carbocycles. The summed E-state index contributed by atoms with van der Waals surface area (Å²) in [7, 11) is 2.91. The maximum absolute atomic E-state index is 11.5. The molecule has 0 spiro atoms. The first-order valence-electron chi connectivity index (χ1n) is 9.79. The molecule has 0 saturated carbocycles. The van der Waals surface area contributed by atoms with E-state index in [1.54, 1.807) is 24.3 Å². The van der Waals surface area contributed by atoms with E-state index < -0.39 is 0 Å². The van der Waals surface area contributed by atoms with Crippen molar-refractivity contribution in [1.29, 1.82) is 0 Å². The number of aromatic hydroxyl groups is 2. The van der Waals surface area contributed by atoms with Gasteiger partial charge in [0.2, 0.25) is 0 Å². The van der Waals surface area contributed by atoms with Crippen LogP contribution in [0.3, 0.4) is 0 Å². The summed E-state index contributed by atoms with van der Waals surface area (Å²) in [6.07, 6.45) is 0. The van der Waals surface area contributed by atoms with Crippen molar-refractivity contribution in [1.82, 2.24) is 15.0 Å². The molecule has 0 atom stereocenters. The van der Waals surface area contributed by atoms with E-state index in [4.69, 9.17) is 9.47 Å². The molecule has 0 unspecified atom stereocenters. The molecule has 34 heavy (non-hydrogen) atoms. The van der Waals surface area contributed by atoms with E-state index in [1.165, 1.54) is 44.6 Å². The minimum Gasteiger partial charge on any atom is -0.508 e. The summed E-state index contributed by atoms with van der Waals surface area (Å²) in [5.74, 6) is 0.636. The van der Waals surface area contributed by atoms with Crippen LogP contribution in [-0.4, -0.2) is 39.4 Å². The second-order valence-electron chi connectivity index (χ2n) is 6.96. The SMILES string of the molecule is COc1ccc(-c2nc(-c3ccc(O)cc3N=O)nc(-c3ccc(OC)cc3N=O)n2)c(O)c1. The molecule has 4 aromatic rings. The first kappa shape index (κ1) is 22.3. The maximum atomic E-state index is 11.5. The van der Waals surface area contributed by atoms with Gasteiger partial charge in [-0.3, -0.25) is 0 Å². The highest BCUT2D eigenvalue weighted by Crippen LogP contribution is 2.38. The maximum Gasteiger partial charge on any atom is 0.167 e. The normalized spacial score (nSPS) is 10.5. The molecule has 4 rings (SSSR count). The van der Waals surface area contributed by atoms with Crippen LogP contribution in [0.5, 0.6) is 23.0 Å². The summed E-state index contributed by atoms with van der Waals surface area (Å²) < 4.78 is 10.3. The number of hydrogen-bond acceptors (Lipinski definition) is 11. The van der Waals surface area contributed by atoms with Crippen molar-refractivity contribution in [3.63, 3.8) is 0 Å². The van der Waals surface area contributed by atoms with Crippen LogP contribution in [0.25, 0.3) is 34.2 Å². The standard InChI is InChI=1S/C23H17N5O6/c1-33-13-4-7-16(19(10-13)28-32)22-24-21(15-6-3-12(29)9-18(15)27-31)25-23(26-22)17-8-5-14(34-2)11-20(17)30/h3-11,29-30H,1-2H3. The van der Waals surface area contributed by atoms with E-state index in [1.807, 2.05) is 0 Å². The first-order chi connectivity index (χ1) is 16.5. The Morgan fingerprint density at radius 3 is 1.65 bits per heavy atom. The van der Waals surface area contributed by atoms with Crippen LogP contribution in [0, 0.1) is 9.81 Å². The second-order valence-corrected chi connectivity index (χ2v) is 6.96. The number of ether oxygens (including phenoxy) is 2. The monoisotopic (exact) mass is 459 g/mol. The molecule has 0 radical (unpaired) electrons. The number of nitroso groups, excluding NO2 is 2. The van der Waals surface area contributed by atoms with E-state index in [2.05, 4.69) is 25.3 Å². The zero-order chi connectivity index (χ0) is 24.2. The van der Waals surface area contributed by atoms with Crippen molar-refractivity contribution in [2.75, 3.05) is 14.2 Å². The van der Waals surface area contributed by atoms with Crippen molar-refractivity contribution in [2.24, 2.45) is 10.4 Å². The second kappa shape index (κ2) is 9.28. The summed E-state index contributed by atoms with van der Waals surface area (Å²) in [6, 6.07) is 13.1. The van der Waals surface area contributed by atoms with Crippen molar-refractivity contribution in [2.45, 2.75) is 0 Å². The van der Waals surface area contributed by atoms with E-state index in [-0.39, 0.29) is 57.0 Å². The summed E-state index contributed by atoms with van der Waals surface area (Å²) in [6.45, 7) is 0. The lowest BCUT2D eigenvalue weighted by molar-refractivity contribution is 0.408. The number of rotatable bonds is 7. The fraction of sp³-hybridized carbons (Fsp3) is 0.0870. The van der Waals surface area contributed by atoms with Gasteiger partial charge < -0.3 is 19.7 Å². The quantitative estimate of drug-likeness (QED) is 0.359. The number of phenols is 2. The lowest BCUT2D eigenvalue weighted by atomic mass is 10.1. The minimum atomic E-state index is -0.164. The largest absolute Gasteiger partial charge is 0.508 e. The highest BCUT2D eigenvalue weighted by atomic mass is 16.5. The Hall–Kier alpha value is -4.93. The molecule has 0 amide bonds. The smallest absolute Gasteiger partial charge is 0.167 e. The lowest BCUT2D eigenvalue weighted by Crippen LogP contribution is -2.01. The van der Waals surface area contributed by atoms with E-state index in [9.17, 15) is 20.0 Å². The van der Waals surface area contributed by atoms with Crippen molar-refractivity contribution >= 4 is 11.4 Å². The molecule has 0 aliphatic carbocycles. The zero-order valence-electron chi connectivity index (χ0n) is 18.0. The zero-order valence-corrected chi connectivity index (χ0v) is 18.0. The summed E-state index contributed by atoms with van der Waals surface area (Å²) >= 11 is 0. The Kier molecular flexibility index (Phi) is 6.08. The van der Waals surface area contributed by atoms with Gasteiger partial charge >= 0.3 is 0 Å². The van der Waals surface area contributed by atoms with Crippen molar-refractivity contribution in [3.8, 4) is 57.2 Å². The average Bonchev–Trinajstić information content (AvgIpc) is 2.87. The number of benzene rings is 3. The molecule has 0 fully saturated rings. The number of phenolic OH excluding ortho intramolecular Hbond substituents is 2. The molecule has 11 nitrogen and oxygen atoms in total. The van der Waals surface area contributed by atoms with E-state index in [0.29, 0.717) is 11.5 Å². The van der Waals surface area contributed by atoms with Gasteiger partial charge in [-0.1, -0.05) is 0 Å². The van der Waals surface area contributed by atoms with Gasteiger partial charge in [-0.25, -0.2) is 15.0 Å². The molecule has 2 N–H and O–H groups in total. The lowest BCUT2D eigenvalue weighted by Gasteiger charge is -2.11. The fourth-order valence-electron chi connectivity index (χ4n) is 3.25. The molecule has 170 valence electrons. The highest BCUT2D eigenvalue weighted by Gasteiger charge is 2.19. The third-order valence-corrected chi connectivity index (χ3v) is 4.95. The fourth-order valence-corrected chi connectivity index (χ4v) is 3.25. The van der Waals surface area contributed by atoms with Crippen LogP contribution in [0.2, 0.25) is 0 Å². The minimum absolute atomic E-state index is 0.0147. The number of hydrogen-bond donors (Lipinski definition) is 2. The van der Waals surface area contributed by atoms with Crippen LogP contribution in [0.15, 0.2) is 65.0 Å². The predicted octanol–water partition coefficient (Wildman–Crippen LogP) is 5.10. The molecule has 0 aliphatic heterocycles. The Balaban J connectivity index is 2.00. The van der Waals surface area contributed by atoms with Gasteiger partial charge in [0.05, 0.1) is 19.8 Å².